The number of carbonyl (C=O) groups is 1. The largest absolute Gasteiger partial charge is 0.340 e. The monoisotopic (exact) mass is 373 g/mol. The van der Waals surface area contributed by atoms with Gasteiger partial charge in [0.25, 0.3) is 0 Å². The van der Waals surface area contributed by atoms with Crippen molar-refractivity contribution in [3.8, 4) is 0 Å². The molecule has 1 aromatic rings. The second kappa shape index (κ2) is 10.6. The molecular formula is C13H22Cl3N3OS. The van der Waals surface area contributed by atoms with Crippen LogP contribution in [0, 0.1) is 0 Å². The molecule has 1 aliphatic rings. The summed E-state index contributed by atoms with van der Waals surface area (Å²) in [5.74, 6) is 0.240. The van der Waals surface area contributed by atoms with E-state index < -0.39 is 0 Å². The van der Waals surface area contributed by atoms with Crippen LogP contribution in [0.1, 0.15) is 17.7 Å². The van der Waals surface area contributed by atoms with E-state index in [1.807, 2.05) is 11.0 Å². The SMILES string of the molecule is Cl.Cl.NCCCC(=O)N1CCN(Cc2ccc(Cl)s2)CC1. The summed E-state index contributed by atoms with van der Waals surface area (Å²) in [4.78, 5) is 17.5. The topological polar surface area (TPSA) is 49.6 Å². The Bertz CT molecular complexity index is 423. The molecule has 0 saturated carbocycles. The zero-order valence-corrected chi connectivity index (χ0v) is 15.0. The molecule has 2 rings (SSSR count). The highest BCUT2D eigenvalue weighted by atomic mass is 35.5. The highest BCUT2D eigenvalue weighted by Crippen LogP contribution is 2.23. The number of hydrogen-bond acceptors (Lipinski definition) is 4. The molecule has 122 valence electrons. The summed E-state index contributed by atoms with van der Waals surface area (Å²) in [7, 11) is 0. The fourth-order valence-electron chi connectivity index (χ4n) is 2.22. The van der Waals surface area contributed by atoms with E-state index >= 15 is 0 Å². The predicted octanol–water partition coefficient (Wildman–Crippen LogP) is 2.63. The summed E-state index contributed by atoms with van der Waals surface area (Å²) < 4.78 is 0.839. The number of halogens is 3. The Kier molecular flexibility index (Phi) is 10.6. The van der Waals surface area contributed by atoms with Crippen LogP contribution in [0.25, 0.3) is 0 Å². The molecule has 1 amide bonds. The first-order chi connectivity index (χ1) is 9.19. The quantitative estimate of drug-likeness (QED) is 0.862. The van der Waals surface area contributed by atoms with Crippen LogP contribution in [0.4, 0.5) is 0 Å². The van der Waals surface area contributed by atoms with E-state index in [-0.39, 0.29) is 30.7 Å². The molecule has 0 unspecified atom stereocenters. The third kappa shape index (κ3) is 6.72. The van der Waals surface area contributed by atoms with Gasteiger partial charge in [0, 0.05) is 44.0 Å². The van der Waals surface area contributed by atoms with Crippen LogP contribution in [0.5, 0.6) is 0 Å². The van der Waals surface area contributed by atoms with Gasteiger partial charge < -0.3 is 10.6 Å². The Morgan fingerprint density at radius 1 is 1.24 bits per heavy atom. The molecule has 21 heavy (non-hydrogen) atoms. The highest BCUT2D eigenvalue weighted by Gasteiger charge is 2.20. The first-order valence-corrected chi connectivity index (χ1v) is 7.83. The number of nitrogens with zero attached hydrogens (tertiary/aromatic N) is 2. The Balaban J connectivity index is 0.00000200. The summed E-state index contributed by atoms with van der Waals surface area (Å²) in [6.07, 6.45) is 1.36. The lowest BCUT2D eigenvalue weighted by Crippen LogP contribution is -2.48. The number of nitrogens with two attached hydrogens (primary N) is 1. The molecule has 8 heteroatoms. The zero-order valence-electron chi connectivity index (χ0n) is 11.8. The Hall–Kier alpha value is -0.0400. The number of hydrogen-bond donors (Lipinski definition) is 1. The normalized spacial score (nSPS) is 15.2. The van der Waals surface area contributed by atoms with E-state index in [1.54, 1.807) is 11.3 Å². The van der Waals surface area contributed by atoms with Gasteiger partial charge in [-0.1, -0.05) is 11.6 Å². The smallest absolute Gasteiger partial charge is 0.222 e. The summed E-state index contributed by atoms with van der Waals surface area (Å²) in [6.45, 7) is 5.03. The minimum atomic E-state index is 0. The maximum absolute atomic E-state index is 11.9. The number of rotatable bonds is 5. The van der Waals surface area contributed by atoms with Gasteiger partial charge in [-0.2, -0.15) is 0 Å². The lowest BCUT2D eigenvalue weighted by atomic mass is 10.2. The molecule has 0 aliphatic carbocycles. The average molecular weight is 375 g/mol. The number of amides is 1. The fourth-order valence-corrected chi connectivity index (χ4v) is 3.35. The molecule has 0 bridgehead atoms. The van der Waals surface area contributed by atoms with Crippen molar-refractivity contribution in [3.63, 3.8) is 0 Å². The molecule has 1 aromatic heterocycles. The van der Waals surface area contributed by atoms with E-state index in [4.69, 9.17) is 17.3 Å². The van der Waals surface area contributed by atoms with Crippen molar-refractivity contribution in [2.24, 2.45) is 5.73 Å². The van der Waals surface area contributed by atoms with Crippen LogP contribution in [-0.4, -0.2) is 48.4 Å². The number of piperazine rings is 1. The standard InChI is InChI=1S/C13H20ClN3OS.2ClH/c14-12-4-3-11(19-12)10-16-6-8-17(9-7-16)13(18)2-1-5-15;;/h3-4H,1-2,5-10,15H2;2*1H. The van der Waals surface area contributed by atoms with Gasteiger partial charge in [-0.15, -0.1) is 36.2 Å². The van der Waals surface area contributed by atoms with Crippen LogP contribution in [0.15, 0.2) is 12.1 Å². The molecule has 2 N–H and O–H groups in total. The molecule has 2 heterocycles. The predicted molar refractivity (Wildman–Crippen MR) is 94.0 cm³/mol. The average Bonchev–Trinajstić information content (AvgIpc) is 2.82. The zero-order chi connectivity index (χ0) is 13.7. The molecular weight excluding hydrogens is 353 g/mol. The van der Waals surface area contributed by atoms with E-state index in [9.17, 15) is 4.79 Å². The van der Waals surface area contributed by atoms with Crippen molar-refractivity contribution in [2.75, 3.05) is 32.7 Å². The first-order valence-electron chi connectivity index (χ1n) is 6.63. The van der Waals surface area contributed by atoms with Crippen molar-refractivity contribution >= 4 is 53.7 Å². The van der Waals surface area contributed by atoms with Gasteiger partial charge in [-0.3, -0.25) is 9.69 Å². The second-order valence-electron chi connectivity index (χ2n) is 4.75. The minimum absolute atomic E-state index is 0. The van der Waals surface area contributed by atoms with Gasteiger partial charge >= 0.3 is 0 Å². The summed E-state index contributed by atoms with van der Waals surface area (Å²) >= 11 is 7.56. The lowest BCUT2D eigenvalue weighted by Gasteiger charge is -2.34. The van der Waals surface area contributed by atoms with E-state index in [1.165, 1.54) is 4.88 Å². The maximum Gasteiger partial charge on any atom is 0.222 e. The van der Waals surface area contributed by atoms with Crippen molar-refractivity contribution < 1.29 is 4.79 Å². The van der Waals surface area contributed by atoms with Gasteiger partial charge in [-0.05, 0) is 25.1 Å². The van der Waals surface area contributed by atoms with Crippen LogP contribution >= 0.6 is 47.8 Å². The van der Waals surface area contributed by atoms with Crippen molar-refractivity contribution in [2.45, 2.75) is 19.4 Å². The summed E-state index contributed by atoms with van der Waals surface area (Å²) in [6, 6.07) is 4.01. The summed E-state index contributed by atoms with van der Waals surface area (Å²) in [5.41, 5.74) is 5.43. The molecule has 0 radical (unpaired) electrons. The van der Waals surface area contributed by atoms with Crippen molar-refractivity contribution in [3.05, 3.63) is 21.3 Å². The van der Waals surface area contributed by atoms with Crippen LogP contribution in [0.2, 0.25) is 4.34 Å². The Morgan fingerprint density at radius 3 is 2.43 bits per heavy atom. The Morgan fingerprint density at radius 2 is 1.90 bits per heavy atom. The molecule has 4 nitrogen and oxygen atoms in total. The fraction of sp³-hybridized carbons (Fsp3) is 0.615. The van der Waals surface area contributed by atoms with E-state index in [0.29, 0.717) is 13.0 Å². The van der Waals surface area contributed by atoms with Crippen LogP contribution in [0.3, 0.4) is 0 Å². The molecule has 1 fully saturated rings. The van der Waals surface area contributed by atoms with Gasteiger partial charge in [0.2, 0.25) is 5.91 Å². The van der Waals surface area contributed by atoms with Gasteiger partial charge in [0.05, 0.1) is 4.34 Å². The lowest BCUT2D eigenvalue weighted by molar-refractivity contribution is -0.133. The van der Waals surface area contributed by atoms with Gasteiger partial charge in [0.1, 0.15) is 0 Å². The van der Waals surface area contributed by atoms with Gasteiger partial charge in [0.15, 0.2) is 0 Å². The number of thiophene rings is 1. The first kappa shape index (κ1) is 21.0. The van der Waals surface area contributed by atoms with E-state index in [2.05, 4.69) is 11.0 Å². The van der Waals surface area contributed by atoms with Crippen LogP contribution in [-0.2, 0) is 11.3 Å². The van der Waals surface area contributed by atoms with Crippen molar-refractivity contribution in [1.82, 2.24) is 9.80 Å². The Labute approximate surface area is 147 Å². The van der Waals surface area contributed by atoms with Crippen LogP contribution < -0.4 is 5.73 Å². The molecule has 0 aromatic carbocycles. The van der Waals surface area contributed by atoms with Gasteiger partial charge in [-0.25, -0.2) is 0 Å². The third-order valence-electron chi connectivity index (χ3n) is 3.33. The number of carbonyl (C=O) groups excluding carboxylic acids is 1. The third-order valence-corrected chi connectivity index (χ3v) is 4.54. The second-order valence-corrected chi connectivity index (χ2v) is 6.55. The minimum Gasteiger partial charge on any atom is -0.340 e. The molecule has 1 saturated heterocycles. The molecule has 0 spiro atoms. The maximum atomic E-state index is 11.9. The highest BCUT2D eigenvalue weighted by molar-refractivity contribution is 7.16. The molecule has 1 aliphatic heterocycles. The summed E-state index contributed by atoms with van der Waals surface area (Å²) in [5, 5.41) is 0. The molecule has 0 atom stereocenters. The van der Waals surface area contributed by atoms with E-state index in [0.717, 1.165) is 43.5 Å². The van der Waals surface area contributed by atoms with Crippen molar-refractivity contribution in [1.29, 1.82) is 0 Å².